The summed E-state index contributed by atoms with van der Waals surface area (Å²) < 4.78 is 20.1. The van der Waals surface area contributed by atoms with Gasteiger partial charge in [0.2, 0.25) is 5.91 Å². The van der Waals surface area contributed by atoms with Crippen LogP contribution in [0, 0.1) is 5.41 Å². The Morgan fingerprint density at radius 2 is 2.11 bits per heavy atom. The number of hydrogen-bond donors (Lipinski definition) is 2. The molecule has 7 nitrogen and oxygen atoms in total. The Kier molecular flexibility index (Phi) is 7.32. The summed E-state index contributed by atoms with van der Waals surface area (Å²) in [4.78, 5) is 30.6. The highest BCUT2D eigenvalue weighted by atomic mass is 31.2. The van der Waals surface area contributed by atoms with Gasteiger partial charge >= 0.3 is 7.82 Å². The Hall–Kier alpha value is -0.750. The predicted molar refractivity (Wildman–Crippen MR) is 64.9 cm³/mol. The van der Waals surface area contributed by atoms with Crippen LogP contribution in [0.1, 0.15) is 26.7 Å². The lowest BCUT2D eigenvalue weighted by molar-refractivity contribution is -0.123. The number of rotatable bonds is 9. The molecule has 0 spiro atoms. The van der Waals surface area contributed by atoms with Gasteiger partial charge in [0.15, 0.2) is 0 Å². The molecular weight excluding hydrogens is 261 g/mol. The van der Waals surface area contributed by atoms with E-state index in [0.717, 1.165) is 13.4 Å². The van der Waals surface area contributed by atoms with Gasteiger partial charge in [0.25, 0.3) is 0 Å². The van der Waals surface area contributed by atoms with E-state index in [9.17, 15) is 14.2 Å². The first-order valence-electron chi connectivity index (χ1n) is 5.46. The lowest BCUT2D eigenvalue weighted by Crippen LogP contribution is -2.31. The van der Waals surface area contributed by atoms with Gasteiger partial charge in [-0.25, -0.2) is 4.57 Å². The van der Waals surface area contributed by atoms with Crippen molar-refractivity contribution in [2.24, 2.45) is 5.41 Å². The van der Waals surface area contributed by atoms with Gasteiger partial charge < -0.3 is 15.0 Å². The number of hydrogen-bond acceptors (Lipinski definition) is 5. The van der Waals surface area contributed by atoms with Crippen LogP contribution in [-0.4, -0.2) is 37.3 Å². The molecule has 0 fully saturated rings. The van der Waals surface area contributed by atoms with Crippen LogP contribution < -0.4 is 5.32 Å². The molecule has 0 aliphatic carbocycles. The minimum absolute atomic E-state index is 0.0876. The lowest BCUT2D eigenvalue weighted by Gasteiger charge is -2.24. The minimum atomic E-state index is -4.02. The standard InChI is InChI=1S/C10H20NO6P/c1-10(2,8-17-18(14,15)16-3)7-9(13)11-5-4-6-12/h6H,4-5,7-8H2,1-3H3,(H,11,13)(H,14,15). The second-order valence-electron chi connectivity index (χ2n) is 4.57. The average Bonchev–Trinajstić information content (AvgIpc) is 2.27. The zero-order valence-electron chi connectivity index (χ0n) is 10.8. The third-order valence-electron chi connectivity index (χ3n) is 2.07. The van der Waals surface area contributed by atoms with Crippen LogP contribution in [-0.2, 0) is 23.2 Å². The van der Waals surface area contributed by atoms with Crippen LogP contribution in [0.3, 0.4) is 0 Å². The average molecular weight is 281 g/mol. The molecule has 0 rings (SSSR count). The lowest BCUT2D eigenvalue weighted by atomic mass is 9.90. The van der Waals surface area contributed by atoms with Crippen molar-refractivity contribution >= 4 is 20.0 Å². The van der Waals surface area contributed by atoms with E-state index in [-0.39, 0.29) is 31.9 Å². The molecule has 0 aliphatic heterocycles. The Labute approximate surface area is 106 Å². The van der Waals surface area contributed by atoms with Gasteiger partial charge in [0.05, 0.1) is 6.61 Å². The molecular formula is C10H20NO6P. The second-order valence-corrected chi connectivity index (χ2v) is 6.13. The fraction of sp³-hybridized carbons (Fsp3) is 0.800. The summed E-state index contributed by atoms with van der Waals surface area (Å²) in [7, 11) is -2.95. The van der Waals surface area contributed by atoms with Crippen LogP contribution in [0.4, 0.5) is 0 Å². The van der Waals surface area contributed by atoms with E-state index in [1.165, 1.54) is 0 Å². The Morgan fingerprint density at radius 1 is 1.50 bits per heavy atom. The van der Waals surface area contributed by atoms with Crippen molar-refractivity contribution in [2.45, 2.75) is 26.7 Å². The maximum atomic E-state index is 11.5. The van der Waals surface area contributed by atoms with Crippen LogP contribution in [0.15, 0.2) is 0 Å². The molecule has 0 radical (unpaired) electrons. The molecule has 1 unspecified atom stereocenters. The third kappa shape index (κ3) is 8.36. The van der Waals surface area contributed by atoms with Crippen LogP contribution in [0.2, 0.25) is 0 Å². The Morgan fingerprint density at radius 3 is 2.61 bits per heavy atom. The van der Waals surface area contributed by atoms with Crippen LogP contribution >= 0.6 is 7.82 Å². The Bertz CT molecular complexity index is 330. The van der Waals surface area contributed by atoms with Crippen molar-refractivity contribution in [1.29, 1.82) is 0 Å². The smallest absolute Gasteiger partial charge is 0.356 e. The molecule has 106 valence electrons. The van der Waals surface area contributed by atoms with E-state index in [4.69, 9.17) is 9.42 Å². The number of aldehydes is 1. The van der Waals surface area contributed by atoms with Crippen molar-refractivity contribution in [1.82, 2.24) is 5.32 Å². The molecule has 0 heterocycles. The normalized spacial score (nSPS) is 14.9. The number of carbonyl (C=O) groups is 2. The molecule has 1 amide bonds. The van der Waals surface area contributed by atoms with Gasteiger partial charge in [-0.2, -0.15) is 0 Å². The first kappa shape index (κ1) is 17.2. The molecule has 0 aliphatic rings. The van der Waals surface area contributed by atoms with E-state index < -0.39 is 13.2 Å². The molecule has 8 heteroatoms. The molecule has 18 heavy (non-hydrogen) atoms. The minimum Gasteiger partial charge on any atom is -0.356 e. The van der Waals surface area contributed by atoms with E-state index in [2.05, 4.69) is 9.84 Å². The van der Waals surface area contributed by atoms with Gasteiger partial charge in [-0.05, 0) is 5.41 Å². The van der Waals surface area contributed by atoms with Gasteiger partial charge in [-0.3, -0.25) is 13.8 Å². The predicted octanol–water partition coefficient (Wildman–Crippen LogP) is 0.871. The van der Waals surface area contributed by atoms with Gasteiger partial charge in [0.1, 0.15) is 6.29 Å². The highest BCUT2D eigenvalue weighted by molar-refractivity contribution is 7.47. The quantitative estimate of drug-likeness (QED) is 0.369. The summed E-state index contributed by atoms with van der Waals surface area (Å²) in [6.45, 7) is 3.65. The van der Waals surface area contributed by atoms with Crippen molar-refractivity contribution in [3.05, 3.63) is 0 Å². The molecule has 0 saturated heterocycles. The number of carbonyl (C=O) groups excluding carboxylic acids is 2. The topological polar surface area (TPSA) is 102 Å². The molecule has 0 aromatic carbocycles. The van der Waals surface area contributed by atoms with Gasteiger partial charge in [-0.1, -0.05) is 13.8 Å². The van der Waals surface area contributed by atoms with E-state index in [1.807, 2.05) is 0 Å². The maximum absolute atomic E-state index is 11.5. The van der Waals surface area contributed by atoms with Crippen LogP contribution in [0.25, 0.3) is 0 Å². The number of amides is 1. The number of phosphoric ester groups is 1. The summed E-state index contributed by atoms with van der Waals surface area (Å²) in [5.74, 6) is -0.240. The van der Waals surface area contributed by atoms with Gasteiger partial charge in [-0.15, -0.1) is 0 Å². The zero-order chi connectivity index (χ0) is 14.2. The van der Waals surface area contributed by atoms with E-state index in [1.54, 1.807) is 13.8 Å². The van der Waals surface area contributed by atoms with Crippen molar-refractivity contribution < 1.29 is 28.1 Å². The zero-order valence-corrected chi connectivity index (χ0v) is 11.7. The monoisotopic (exact) mass is 281 g/mol. The van der Waals surface area contributed by atoms with E-state index in [0.29, 0.717) is 0 Å². The molecule has 2 N–H and O–H groups in total. The SMILES string of the molecule is COP(=O)(O)OCC(C)(C)CC(=O)NCCC=O. The van der Waals surface area contributed by atoms with E-state index >= 15 is 0 Å². The fourth-order valence-electron chi connectivity index (χ4n) is 1.13. The molecule has 0 aromatic heterocycles. The van der Waals surface area contributed by atoms with Crippen molar-refractivity contribution in [2.75, 3.05) is 20.3 Å². The summed E-state index contributed by atoms with van der Waals surface area (Å²) in [5.41, 5.74) is -0.609. The molecule has 0 bridgehead atoms. The second kappa shape index (κ2) is 7.63. The fourth-order valence-corrected chi connectivity index (χ4v) is 1.75. The third-order valence-corrected chi connectivity index (χ3v) is 2.99. The maximum Gasteiger partial charge on any atom is 0.471 e. The van der Waals surface area contributed by atoms with Gasteiger partial charge in [0, 0.05) is 26.5 Å². The summed E-state index contributed by atoms with van der Waals surface area (Å²) in [6, 6.07) is 0. The summed E-state index contributed by atoms with van der Waals surface area (Å²) in [6.07, 6.45) is 1.10. The van der Waals surface area contributed by atoms with Crippen LogP contribution in [0.5, 0.6) is 0 Å². The highest BCUT2D eigenvalue weighted by Gasteiger charge is 2.27. The first-order valence-corrected chi connectivity index (χ1v) is 6.95. The van der Waals surface area contributed by atoms with Crippen molar-refractivity contribution in [3.8, 4) is 0 Å². The molecule has 0 saturated carbocycles. The largest absolute Gasteiger partial charge is 0.471 e. The van der Waals surface area contributed by atoms with Crippen molar-refractivity contribution in [3.63, 3.8) is 0 Å². The summed E-state index contributed by atoms with van der Waals surface area (Å²) >= 11 is 0. The number of phosphoric acid groups is 1. The summed E-state index contributed by atoms with van der Waals surface area (Å²) in [5, 5.41) is 2.56. The highest BCUT2D eigenvalue weighted by Crippen LogP contribution is 2.43. The first-order chi connectivity index (χ1) is 8.22. The molecule has 0 aromatic rings. The molecule has 1 atom stereocenters. The Balaban J connectivity index is 4.10. The number of nitrogens with one attached hydrogen (secondary N) is 1.